The summed E-state index contributed by atoms with van der Waals surface area (Å²) in [4.78, 5) is 60.7. The Bertz CT molecular complexity index is 1390. The van der Waals surface area contributed by atoms with E-state index in [0.717, 1.165) is 28.8 Å². The first-order valence-electron chi connectivity index (χ1n) is 11.6. The van der Waals surface area contributed by atoms with Crippen LogP contribution in [0.15, 0.2) is 40.2 Å². The molecule has 3 heterocycles. The molecule has 35 heavy (non-hydrogen) atoms. The Morgan fingerprint density at radius 3 is 2.46 bits per heavy atom. The first-order chi connectivity index (χ1) is 16.7. The van der Waals surface area contributed by atoms with Crippen LogP contribution in [0, 0.1) is 0 Å². The molecule has 186 valence electrons. The van der Waals surface area contributed by atoms with Crippen LogP contribution in [0.1, 0.15) is 18.9 Å². The zero-order chi connectivity index (χ0) is 25.3. The number of fused-ring (bicyclic) bond motifs is 2. The van der Waals surface area contributed by atoms with Gasteiger partial charge in [0.05, 0.1) is 6.33 Å². The molecule has 0 spiro atoms. The molecule has 3 aromatic rings. The van der Waals surface area contributed by atoms with Crippen molar-refractivity contribution in [2.45, 2.75) is 26.4 Å². The molecule has 0 unspecified atom stereocenters. The van der Waals surface area contributed by atoms with E-state index >= 15 is 0 Å². The van der Waals surface area contributed by atoms with Gasteiger partial charge >= 0.3 is 5.69 Å². The number of imidazole rings is 1. The molecule has 4 rings (SSSR count). The van der Waals surface area contributed by atoms with Crippen molar-refractivity contribution in [3.8, 4) is 0 Å². The maximum Gasteiger partial charge on any atom is 0.332 e. The number of benzene rings is 1. The van der Waals surface area contributed by atoms with Gasteiger partial charge in [-0.3, -0.25) is 23.5 Å². The predicted octanol–water partition coefficient (Wildman–Crippen LogP) is 0.151. The molecule has 0 radical (unpaired) electrons. The maximum atomic E-state index is 13.5. The summed E-state index contributed by atoms with van der Waals surface area (Å²) in [5.41, 5.74) is 1.17. The Kier molecular flexibility index (Phi) is 6.88. The van der Waals surface area contributed by atoms with E-state index in [1.807, 2.05) is 31.3 Å². The summed E-state index contributed by atoms with van der Waals surface area (Å²) in [6.07, 6.45) is 2.25. The lowest BCUT2D eigenvalue weighted by atomic mass is 10.1. The van der Waals surface area contributed by atoms with Gasteiger partial charge in [0.25, 0.3) is 5.56 Å². The van der Waals surface area contributed by atoms with E-state index in [1.54, 1.807) is 28.3 Å². The highest BCUT2D eigenvalue weighted by molar-refractivity contribution is 5.92. The molecule has 11 heteroatoms. The Morgan fingerprint density at radius 2 is 1.71 bits per heavy atom. The molecule has 1 aromatic carbocycles. The van der Waals surface area contributed by atoms with Crippen LogP contribution >= 0.6 is 0 Å². The third-order valence-corrected chi connectivity index (χ3v) is 6.56. The molecule has 0 saturated carbocycles. The van der Waals surface area contributed by atoms with Crippen molar-refractivity contribution in [1.82, 2.24) is 28.5 Å². The molecule has 2 amide bonds. The van der Waals surface area contributed by atoms with E-state index in [1.165, 1.54) is 17.9 Å². The summed E-state index contributed by atoms with van der Waals surface area (Å²) in [7, 11) is 4.96. The van der Waals surface area contributed by atoms with Crippen LogP contribution in [-0.4, -0.2) is 73.5 Å². The average molecular weight is 482 g/mol. The predicted molar refractivity (Wildman–Crippen MR) is 132 cm³/mol. The van der Waals surface area contributed by atoms with Crippen molar-refractivity contribution >= 4 is 28.7 Å². The van der Waals surface area contributed by atoms with Crippen molar-refractivity contribution in [2.24, 2.45) is 14.1 Å². The SMILES string of the molecule is CC(=O)N1CCCN(C)CCN(C(=O)Cn2cnc3c(=O)n(C)c(=O)n(C)c32)Cc2ccccc21. The highest BCUT2D eigenvalue weighted by Gasteiger charge is 2.23. The lowest BCUT2D eigenvalue weighted by molar-refractivity contribution is -0.132. The molecule has 1 aliphatic rings. The fraction of sp³-hybridized carbons (Fsp3) is 0.458. The summed E-state index contributed by atoms with van der Waals surface area (Å²) >= 11 is 0. The van der Waals surface area contributed by atoms with Gasteiger partial charge in [0.15, 0.2) is 5.52 Å². The quantitative estimate of drug-likeness (QED) is 0.516. The normalized spacial score (nSPS) is 15.7. The van der Waals surface area contributed by atoms with E-state index in [-0.39, 0.29) is 23.9 Å². The molecule has 0 atom stereocenters. The van der Waals surface area contributed by atoms with Gasteiger partial charge in [-0.25, -0.2) is 9.78 Å². The molecule has 0 fully saturated rings. The molecule has 0 aliphatic carbocycles. The van der Waals surface area contributed by atoms with Crippen LogP contribution < -0.4 is 16.1 Å². The van der Waals surface area contributed by atoms with Crippen LogP contribution in [0.5, 0.6) is 0 Å². The number of aromatic nitrogens is 4. The summed E-state index contributed by atoms with van der Waals surface area (Å²) in [5, 5.41) is 0. The number of amides is 2. The highest BCUT2D eigenvalue weighted by Crippen LogP contribution is 2.23. The van der Waals surface area contributed by atoms with Gasteiger partial charge in [0, 0.05) is 52.9 Å². The second-order valence-corrected chi connectivity index (χ2v) is 9.02. The zero-order valence-corrected chi connectivity index (χ0v) is 20.6. The van der Waals surface area contributed by atoms with Crippen LogP contribution in [0.2, 0.25) is 0 Å². The first-order valence-corrected chi connectivity index (χ1v) is 11.6. The summed E-state index contributed by atoms with van der Waals surface area (Å²) in [5.74, 6) is -0.209. The number of anilines is 1. The number of nitrogens with zero attached hydrogens (tertiary/aromatic N) is 7. The number of carbonyl (C=O) groups is 2. The van der Waals surface area contributed by atoms with Crippen molar-refractivity contribution in [3.63, 3.8) is 0 Å². The van der Waals surface area contributed by atoms with Crippen LogP contribution in [0.4, 0.5) is 5.69 Å². The van der Waals surface area contributed by atoms with Crippen molar-refractivity contribution < 1.29 is 9.59 Å². The van der Waals surface area contributed by atoms with Gasteiger partial charge in [0.2, 0.25) is 11.8 Å². The average Bonchev–Trinajstić information content (AvgIpc) is 3.24. The van der Waals surface area contributed by atoms with Gasteiger partial charge in [-0.1, -0.05) is 18.2 Å². The smallest absolute Gasteiger partial charge is 0.332 e. The number of hydrogen-bond donors (Lipinski definition) is 0. The third kappa shape index (κ3) is 4.76. The van der Waals surface area contributed by atoms with Gasteiger partial charge in [0.1, 0.15) is 12.2 Å². The molecule has 0 saturated heterocycles. The van der Waals surface area contributed by atoms with E-state index in [4.69, 9.17) is 0 Å². The van der Waals surface area contributed by atoms with Gasteiger partial charge in [-0.05, 0) is 31.6 Å². The number of aryl methyl sites for hydroxylation is 1. The molecule has 2 aromatic heterocycles. The molecule has 0 bridgehead atoms. The highest BCUT2D eigenvalue weighted by atomic mass is 16.2. The van der Waals surface area contributed by atoms with Crippen molar-refractivity contribution in [2.75, 3.05) is 38.1 Å². The number of rotatable bonds is 2. The summed E-state index contributed by atoms with van der Waals surface area (Å²) in [6.45, 7) is 4.40. The fourth-order valence-electron chi connectivity index (χ4n) is 4.56. The second-order valence-electron chi connectivity index (χ2n) is 9.02. The monoisotopic (exact) mass is 481 g/mol. The van der Waals surface area contributed by atoms with Crippen molar-refractivity contribution in [1.29, 1.82) is 0 Å². The maximum absolute atomic E-state index is 13.5. The Hall–Kier alpha value is -3.73. The Labute approximate surface area is 202 Å². The van der Waals surface area contributed by atoms with E-state index in [2.05, 4.69) is 9.88 Å². The molecule has 1 aliphatic heterocycles. The van der Waals surface area contributed by atoms with Crippen LogP contribution in [0.3, 0.4) is 0 Å². The Balaban J connectivity index is 1.69. The zero-order valence-electron chi connectivity index (χ0n) is 20.6. The number of hydrogen-bond acceptors (Lipinski definition) is 6. The van der Waals surface area contributed by atoms with Crippen LogP contribution in [-0.2, 0) is 36.8 Å². The standard InChI is InChI=1S/C24H31N7O4/c1-17(32)31-11-7-10-26(2)12-13-29(14-18-8-5-6-9-19(18)31)20(33)15-30-16-25-21-22(30)27(3)24(35)28(4)23(21)34/h5-6,8-9,16H,7,10-15H2,1-4H3. The third-order valence-electron chi connectivity index (χ3n) is 6.56. The van der Waals surface area contributed by atoms with E-state index in [9.17, 15) is 19.2 Å². The Morgan fingerprint density at radius 1 is 0.971 bits per heavy atom. The largest absolute Gasteiger partial charge is 0.335 e. The minimum absolute atomic E-state index is 0.0374. The molecule has 0 N–H and O–H groups in total. The molecular formula is C24H31N7O4. The number of carbonyl (C=O) groups excluding carboxylic acids is 2. The number of para-hydroxylation sites is 1. The van der Waals surface area contributed by atoms with Gasteiger partial charge < -0.3 is 19.3 Å². The van der Waals surface area contributed by atoms with Gasteiger partial charge in [-0.2, -0.15) is 0 Å². The van der Waals surface area contributed by atoms with Gasteiger partial charge in [-0.15, -0.1) is 0 Å². The van der Waals surface area contributed by atoms with E-state index < -0.39 is 11.2 Å². The summed E-state index contributed by atoms with van der Waals surface area (Å²) in [6, 6.07) is 7.65. The lowest BCUT2D eigenvalue weighted by Gasteiger charge is -2.27. The fourth-order valence-corrected chi connectivity index (χ4v) is 4.56. The van der Waals surface area contributed by atoms with E-state index in [0.29, 0.717) is 31.8 Å². The van der Waals surface area contributed by atoms with Crippen molar-refractivity contribution in [3.05, 3.63) is 57.0 Å². The second kappa shape index (κ2) is 9.87. The molecular weight excluding hydrogens is 450 g/mol. The minimum atomic E-state index is -0.496. The van der Waals surface area contributed by atoms with Crippen LogP contribution in [0.25, 0.3) is 11.2 Å². The summed E-state index contributed by atoms with van der Waals surface area (Å²) < 4.78 is 3.88. The minimum Gasteiger partial charge on any atom is -0.335 e. The first kappa shape index (κ1) is 24.4. The number of likely N-dealkylation sites (N-methyl/N-ethyl adjacent to an activating group) is 1. The molecule has 11 nitrogen and oxygen atoms in total. The lowest BCUT2D eigenvalue weighted by Crippen LogP contribution is -2.40. The topological polar surface area (TPSA) is 106 Å².